The molecule has 9 nitrogen and oxygen atoms in total. The summed E-state index contributed by atoms with van der Waals surface area (Å²) in [5.74, 6) is -0.0846. The van der Waals surface area contributed by atoms with E-state index in [1.54, 1.807) is 37.3 Å². The second-order valence-corrected chi connectivity index (χ2v) is 7.32. The zero-order valence-electron chi connectivity index (χ0n) is 19.5. The highest BCUT2D eigenvalue weighted by molar-refractivity contribution is 6.10. The first kappa shape index (κ1) is 25.7. The van der Waals surface area contributed by atoms with Crippen molar-refractivity contribution in [2.45, 2.75) is 13.5 Å². The van der Waals surface area contributed by atoms with Crippen LogP contribution in [-0.2, 0) is 11.4 Å². The summed E-state index contributed by atoms with van der Waals surface area (Å²) in [6.45, 7) is 2.33. The molecule has 1 N–H and O–H groups in total. The molecule has 1 amide bonds. The predicted octanol–water partition coefficient (Wildman–Crippen LogP) is 5.27. The molecule has 0 saturated carbocycles. The van der Waals surface area contributed by atoms with Gasteiger partial charge < -0.3 is 19.5 Å². The van der Waals surface area contributed by atoms with Crippen LogP contribution in [0.5, 0.6) is 17.2 Å². The van der Waals surface area contributed by atoms with Gasteiger partial charge in [-0.2, -0.15) is 5.26 Å². The van der Waals surface area contributed by atoms with Gasteiger partial charge in [0, 0.05) is 12.1 Å². The van der Waals surface area contributed by atoms with Crippen LogP contribution in [0.15, 0.2) is 66.2 Å². The van der Waals surface area contributed by atoms with E-state index in [9.17, 15) is 24.6 Å². The van der Waals surface area contributed by atoms with Crippen LogP contribution in [0.25, 0.3) is 6.08 Å². The van der Waals surface area contributed by atoms with Crippen molar-refractivity contribution >= 4 is 23.4 Å². The molecule has 0 radical (unpaired) electrons. The van der Waals surface area contributed by atoms with Crippen LogP contribution in [0.3, 0.4) is 0 Å². The largest absolute Gasteiger partial charge is 0.495 e. The summed E-state index contributed by atoms with van der Waals surface area (Å²) < 4.78 is 29.7. The van der Waals surface area contributed by atoms with Gasteiger partial charge in [-0.15, -0.1) is 0 Å². The number of anilines is 1. The molecule has 3 aromatic rings. The number of rotatable bonds is 10. The Kier molecular flexibility index (Phi) is 8.56. The molecule has 0 fully saturated rings. The molecule has 0 atom stereocenters. The summed E-state index contributed by atoms with van der Waals surface area (Å²) in [7, 11) is 1.35. The molecule has 3 rings (SSSR count). The second kappa shape index (κ2) is 12.0. The number of nitro benzene ring substituents is 1. The second-order valence-electron chi connectivity index (χ2n) is 7.32. The molecule has 36 heavy (non-hydrogen) atoms. The van der Waals surface area contributed by atoms with E-state index >= 15 is 0 Å². The predicted molar refractivity (Wildman–Crippen MR) is 130 cm³/mol. The number of carbonyl (C=O) groups excluding carboxylic acids is 1. The maximum absolute atomic E-state index is 13.1. The molecule has 0 heterocycles. The Morgan fingerprint density at radius 3 is 2.44 bits per heavy atom. The maximum Gasteiger partial charge on any atom is 0.271 e. The third kappa shape index (κ3) is 6.57. The number of non-ortho nitro benzene ring substituents is 1. The van der Waals surface area contributed by atoms with E-state index in [1.165, 1.54) is 37.5 Å². The highest BCUT2D eigenvalue weighted by Crippen LogP contribution is 2.31. The molecule has 0 unspecified atom stereocenters. The molecule has 0 aliphatic carbocycles. The lowest BCUT2D eigenvalue weighted by Gasteiger charge is -2.13. The molecule has 0 aliphatic heterocycles. The Morgan fingerprint density at radius 2 is 1.81 bits per heavy atom. The van der Waals surface area contributed by atoms with Gasteiger partial charge in [0.25, 0.3) is 11.6 Å². The van der Waals surface area contributed by atoms with Crippen molar-refractivity contribution in [2.75, 3.05) is 19.0 Å². The number of hydrogen-bond acceptors (Lipinski definition) is 7. The molecular formula is C26H22FN3O6. The van der Waals surface area contributed by atoms with Crippen LogP contribution in [0.1, 0.15) is 18.1 Å². The van der Waals surface area contributed by atoms with Crippen molar-refractivity contribution in [1.82, 2.24) is 0 Å². The van der Waals surface area contributed by atoms with Gasteiger partial charge >= 0.3 is 0 Å². The first-order chi connectivity index (χ1) is 17.3. The number of ether oxygens (including phenoxy) is 3. The quantitative estimate of drug-likeness (QED) is 0.177. The average Bonchev–Trinajstić information content (AvgIpc) is 2.87. The minimum atomic E-state index is -0.772. The van der Waals surface area contributed by atoms with Gasteiger partial charge in [-0.05, 0) is 54.5 Å². The van der Waals surface area contributed by atoms with Gasteiger partial charge in [0.15, 0.2) is 11.5 Å². The van der Waals surface area contributed by atoms with E-state index in [0.717, 1.165) is 11.6 Å². The topological polar surface area (TPSA) is 124 Å². The van der Waals surface area contributed by atoms with Crippen molar-refractivity contribution in [3.05, 3.63) is 93.3 Å². The summed E-state index contributed by atoms with van der Waals surface area (Å²) in [4.78, 5) is 23.2. The summed E-state index contributed by atoms with van der Waals surface area (Å²) in [6.07, 6.45) is 1.35. The van der Waals surface area contributed by atoms with Crippen LogP contribution in [0.2, 0.25) is 0 Å². The SMILES string of the molecule is CCOc1cc(C=C(C#N)C(=O)Nc2cc([N+](=O)[O-])ccc2OC)ccc1OCc1ccc(F)cc1. The van der Waals surface area contributed by atoms with Crippen LogP contribution in [0, 0.1) is 27.3 Å². The van der Waals surface area contributed by atoms with Crippen molar-refractivity contribution in [3.63, 3.8) is 0 Å². The Morgan fingerprint density at radius 1 is 1.08 bits per heavy atom. The fourth-order valence-corrected chi connectivity index (χ4v) is 3.16. The van der Waals surface area contributed by atoms with Crippen LogP contribution < -0.4 is 19.5 Å². The fourth-order valence-electron chi connectivity index (χ4n) is 3.16. The number of hydrogen-bond donors (Lipinski definition) is 1. The standard InChI is InChI=1S/C26H22FN3O6/c1-3-35-25-13-18(6-10-24(25)36-16-17-4-7-20(27)8-5-17)12-19(15-28)26(31)29-22-14-21(30(32)33)9-11-23(22)34-2/h4-14H,3,16H2,1-2H3,(H,29,31). The van der Waals surface area contributed by atoms with Crippen molar-refractivity contribution in [2.24, 2.45) is 0 Å². The number of amides is 1. The zero-order valence-corrected chi connectivity index (χ0v) is 19.5. The Balaban J connectivity index is 1.82. The first-order valence-corrected chi connectivity index (χ1v) is 10.7. The monoisotopic (exact) mass is 491 g/mol. The summed E-state index contributed by atoms with van der Waals surface area (Å²) in [5.41, 5.74) is 0.822. The number of methoxy groups -OCH3 is 1. The lowest BCUT2D eigenvalue weighted by molar-refractivity contribution is -0.384. The summed E-state index contributed by atoms with van der Waals surface area (Å²) in [6, 6.07) is 16.4. The van der Waals surface area contributed by atoms with Crippen molar-refractivity contribution in [1.29, 1.82) is 5.26 Å². The smallest absolute Gasteiger partial charge is 0.271 e. The van der Waals surface area contributed by atoms with E-state index in [0.29, 0.717) is 23.7 Å². The minimum absolute atomic E-state index is 0.0531. The Labute approximate surface area is 206 Å². The number of carbonyl (C=O) groups is 1. The molecule has 0 spiro atoms. The molecule has 0 aliphatic rings. The molecular weight excluding hydrogens is 469 g/mol. The average molecular weight is 491 g/mol. The van der Waals surface area contributed by atoms with E-state index in [-0.39, 0.29) is 35.1 Å². The molecule has 0 aromatic heterocycles. The van der Waals surface area contributed by atoms with Crippen LogP contribution >= 0.6 is 0 Å². The van der Waals surface area contributed by atoms with Gasteiger partial charge in [0.05, 0.1) is 24.3 Å². The highest BCUT2D eigenvalue weighted by Gasteiger charge is 2.17. The minimum Gasteiger partial charge on any atom is -0.495 e. The fraction of sp³-hybridized carbons (Fsp3) is 0.154. The van der Waals surface area contributed by atoms with Gasteiger partial charge in [-0.3, -0.25) is 14.9 Å². The molecule has 10 heteroatoms. The number of nitro groups is 1. The normalized spacial score (nSPS) is 10.8. The maximum atomic E-state index is 13.1. The van der Waals surface area contributed by atoms with Crippen molar-refractivity contribution in [3.8, 4) is 23.3 Å². The zero-order chi connectivity index (χ0) is 26.1. The number of nitrogens with zero attached hydrogens (tertiary/aromatic N) is 2. The summed E-state index contributed by atoms with van der Waals surface area (Å²) in [5, 5.41) is 23.1. The van der Waals surface area contributed by atoms with Crippen molar-refractivity contribution < 1.29 is 28.3 Å². The highest BCUT2D eigenvalue weighted by atomic mass is 19.1. The van der Waals surface area contributed by atoms with E-state index in [1.807, 2.05) is 6.07 Å². The van der Waals surface area contributed by atoms with Gasteiger partial charge in [-0.25, -0.2) is 4.39 Å². The third-order valence-electron chi connectivity index (χ3n) is 4.89. The third-order valence-corrected chi connectivity index (χ3v) is 4.89. The Hall–Kier alpha value is -4.91. The number of halogens is 1. The molecule has 0 bridgehead atoms. The van der Waals surface area contributed by atoms with Gasteiger partial charge in [-0.1, -0.05) is 18.2 Å². The molecule has 3 aromatic carbocycles. The lowest BCUT2D eigenvalue weighted by Crippen LogP contribution is -2.14. The van der Waals surface area contributed by atoms with E-state index in [2.05, 4.69) is 5.32 Å². The lowest BCUT2D eigenvalue weighted by atomic mass is 10.1. The Bertz CT molecular complexity index is 1330. The number of benzene rings is 3. The first-order valence-electron chi connectivity index (χ1n) is 10.7. The van der Waals surface area contributed by atoms with Gasteiger partial charge in [0.2, 0.25) is 0 Å². The molecule has 0 saturated heterocycles. The number of nitriles is 1. The summed E-state index contributed by atoms with van der Waals surface area (Å²) >= 11 is 0. The van der Waals surface area contributed by atoms with E-state index in [4.69, 9.17) is 14.2 Å². The number of nitrogens with one attached hydrogen (secondary N) is 1. The van der Waals surface area contributed by atoms with Crippen LogP contribution in [-0.4, -0.2) is 24.5 Å². The molecule has 184 valence electrons. The van der Waals surface area contributed by atoms with Gasteiger partial charge in [0.1, 0.15) is 29.8 Å². The van der Waals surface area contributed by atoms with E-state index < -0.39 is 10.8 Å². The van der Waals surface area contributed by atoms with Crippen LogP contribution in [0.4, 0.5) is 15.8 Å².